The first-order chi connectivity index (χ1) is 9.38. The van der Waals surface area contributed by atoms with E-state index in [1.54, 1.807) is 0 Å². The molecule has 2 aromatic carbocycles. The van der Waals surface area contributed by atoms with Gasteiger partial charge in [-0.05, 0) is 36.3 Å². The van der Waals surface area contributed by atoms with E-state index in [-0.39, 0.29) is 0 Å². The van der Waals surface area contributed by atoms with Crippen molar-refractivity contribution >= 4 is 0 Å². The Morgan fingerprint density at radius 3 is 1.63 bits per heavy atom. The molecule has 0 N–H and O–H groups in total. The molecule has 0 aliphatic rings. The summed E-state index contributed by atoms with van der Waals surface area (Å²) in [5.74, 6) is 0.768. The quantitative estimate of drug-likeness (QED) is 0.629. The van der Waals surface area contributed by atoms with E-state index in [0.717, 1.165) is 5.92 Å². The molecule has 0 spiro atoms. The van der Waals surface area contributed by atoms with Crippen molar-refractivity contribution in [2.75, 3.05) is 0 Å². The van der Waals surface area contributed by atoms with Crippen molar-refractivity contribution < 1.29 is 0 Å². The van der Waals surface area contributed by atoms with Crippen LogP contribution in [0.4, 0.5) is 0 Å². The second-order valence-electron chi connectivity index (χ2n) is 5.39. The predicted molar refractivity (Wildman–Crippen MR) is 83.3 cm³/mol. The summed E-state index contributed by atoms with van der Waals surface area (Å²) in [5.41, 5.74) is 2.94. The lowest BCUT2D eigenvalue weighted by Gasteiger charge is -2.17. The van der Waals surface area contributed by atoms with Crippen molar-refractivity contribution in [3.63, 3.8) is 0 Å². The summed E-state index contributed by atoms with van der Waals surface area (Å²) in [6.45, 7) is 2.28. The monoisotopic (exact) mass is 252 g/mol. The number of hydrogen-bond donors (Lipinski definition) is 0. The highest BCUT2D eigenvalue weighted by atomic mass is 14.1. The molecule has 2 rings (SSSR count). The van der Waals surface area contributed by atoms with Crippen molar-refractivity contribution in [1.82, 2.24) is 0 Å². The van der Waals surface area contributed by atoms with Gasteiger partial charge in [0.05, 0.1) is 0 Å². The van der Waals surface area contributed by atoms with E-state index in [0.29, 0.717) is 0 Å². The minimum absolute atomic E-state index is 0.768. The Morgan fingerprint density at radius 2 is 1.21 bits per heavy atom. The van der Waals surface area contributed by atoms with Gasteiger partial charge in [-0.25, -0.2) is 0 Å². The summed E-state index contributed by atoms with van der Waals surface area (Å²) >= 11 is 0. The van der Waals surface area contributed by atoms with Gasteiger partial charge < -0.3 is 0 Å². The minimum atomic E-state index is 0.768. The van der Waals surface area contributed by atoms with Gasteiger partial charge in [0.25, 0.3) is 0 Å². The highest BCUT2D eigenvalue weighted by molar-refractivity contribution is 5.18. The number of unbranched alkanes of at least 4 members (excludes halogenated alkanes) is 1. The molecule has 0 aliphatic carbocycles. The summed E-state index contributed by atoms with van der Waals surface area (Å²) in [5, 5.41) is 0. The topological polar surface area (TPSA) is 0 Å². The molecule has 0 nitrogen and oxygen atoms in total. The average molecular weight is 252 g/mol. The van der Waals surface area contributed by atoms with Crippen molar-refractivity contribution in [1.29, 1.82) is 0 Å². The zero-order valence-electron chi connectivity index (χ0n) is 11.9. The third-order valence-corrected chi connectivity index (χ3v) is 3.70. The first kappa shape index (κ1) is 13.9. The minimum Gasteiger partial charge on any atom is -0.0654 e. The van der Waals surface area contributed by atoms with Gasteiger partial charge in [0.15, 0.2) is 0 Å². The molecule has 100 valence electrons. The highest BCUT2D eigenvalue weighted by Gasteiger charge is 2.10. The van der Waals surface area contributed by atoms with Gasteiger partial charge in [0.1, 0.15) is 0 Å². The van der Waals surface area contributed by atoms with Crippen LogP contribution in [0.5, 0.6) is 0 Å². The maximum absolute atomic E-state index is 2.28. The van der Waals surface area contributed by atoms with Crippen LogP contribution in [0.25, 0.3) is 0 Å². The fourth-order valence-electron chi connectivity index (χ4n) is 2.66. The van der Waals surface area contributed by atoms with Crippen molar-refractivity contribution in [2.24, 2.45) is 5.92 Å². The first-order valence-corrected chi connectivity index (χ1v) is 7.46. The Morgan fingerprint density at radius 1 is 0.737 bits per heavy atom. The normalized spacial score (nSPS) is 10.8. The van der Waals surface area contributed by atoms with Gasteiger partial charge in [0, 0.05) is 0 Å². The molecular weight excluding hydrogens is 228 g/mol. The summed E-state index contributed by atoms with van der Waals surface area (Å²) in [6.07, 6.45) is 6.37. The molecule has 0 fully saturated rings. The molecule has 0 heterocycles. The molecule has 0 amide bonds. The standard InChI is InChI=1S/C19H24/c1-2-3-10-19(15-17-11-6-4-7-12-17)16-18-13-8-5-9-14-18/h4-9,11-14,19H,2-3,10,15-16H2,1H3. The fraction of sp³-hybridized carbons (Fsp3) is 0.368. The predicted octanol–water partition coefficient (Wildman–Crippen LogP) is 5.28. The van der Waals surface area contributed by atoms with E-state index >= 15 is 0 Å². The molecule has 0 aliphatic heterocycles. The van der Waals surface area contributed by atoms with E-state index in [1.165, 1.54) is 43.2 Å². The van der Waals surface area contributed by atoms with Gasteiger partial charge >= 0.3 is 0 Å². The number of rotatable bonds is 7. The van der Waals surface area contributed by atoms with Crippen LogP contribution in [-0.2, 0) is 12.8 Å². The van der Waals surface area contributed by atoms with Crippen LogP contribution in [0.15, 0.2) is 60.7 Å². The van der Waals surface area contributed by atoms with E-state index in [9.17, 15) is 0 Å². The Kier molecular flexibility index (Phi) is 5.68. The molecule has 19 heavy (non-hydrogen) atoms. The molecule has 0 aromatic heterocycles. The van der Waals surface area contributed by atoms with E-state index in [2.05, 4.69) is 67.6 Å². The van der Waals surface area contributed by atoms with Crippen LogP contribution < -0.4 is 0 Å². The second kappa shape index (κ2) is 7.78. The molecule has 0 unspecified atom stereocenters. The maximum atomic E-state index is 2.28. The molecule has 0 bridgehead atoms. The molecule has 0 heteroatoms. The lowest BCUT2D eigenvalue weighted by Crippen LogP contribution is -2.08. The zero-order valence-corrected chi connectivity index (χ0v) is 11.9. The summed E-state index contributed by atoms with van der Waals surface area (Å²) < 4.78 is 0. The fourth-order valence-corrected chi connectivity index (χ4v) is 2.66. The Hall–Kier alpha value is -1.56. The highest BCUT2D eigenvalue weighted by Crippen LogP contribution is 2.20. The summed E-state index contributed by atoms with van der Waals surface area (Å²) in [7, 11) is 0. The lowest BCUT2D eigenvalue weighted by atomic mass is 9.88. The summed E-state index contributed by atoms with van der Waals surface area (Å²) in [6, 6.07) is 21.8. The van der Waals surface area contributed by atoms with Crippen molar-refractivity contribution in [2.45, 2.75) is 39.0 Å². The average Bonchev–Trinajstić information content (AvgIpc) is 2.47. The first-order valence-electron chi connectivity index (χ1n) is 7.46. The Labute approximate surface area is 117 Å². The van der Waals surface area contributed by atoms with Crippen LogP contribution >= 0.6 is 0 Å². The second-order valence-corrected chi connectivity index (χ2v) is 5.39. The van der Waals surface area contributed by atoms with E-state index in [4.69, 9.17) is 0 Å². The Balaban J connectivity index is 1.99. The SMILES string of the molecule is CCCCC(Cc1ccccc1)Cc1ccccc1. The molecule has 0 atom stereocenters. The third-order valence-electron chi connectivity index (χ3n) is 3.70. The van der Waals surface area contributed by atoms with Gasteiger partial charge in [0.2, 0.25) is 0 Å². The molecule has 2 aromatic rings. The number of hydrogen-bond acceptors (Lipinski definition) is 0. The molecule has 0 radical (unpaired) electrons. The van der Waals surface area contributed by atoms with E-state index < -0.39 is 0 Å². The van der Waals surface area contributed by atoms with E-state index in [1.807, 2.05) is 0 Å². The van der Waals surface area contributed by atoms with Gasteiger partial charge in [-0.2, -0.15) is 0 Å². The van der Waals surface area contributed by atoms with Gasteiger partial charge in [-0.1, -0.05) is 80.4 Å². The van der Waals surface area contributed by atoms with Crippen LogP contribution in [0.1, 0.15) is 37.3 Å². The van der Waals surface area contributed by atoms with Crippen LogP contribution in [0, 0.1) is 5.92 Å². The maximum Gasteiger partial charge on any atom is -0.0247 e. The van der Waals surface area contributed by atoms with Crippen LogP contribution in [0.2, 0.25) is 0 Å². The van der Waals surface area contributed by atoms with Crippen molar-refractivity contribution in [3.05, 3.63) is 71.8 Å². The number of benzene rings is 2. The Bertz CT molecular complexity index is 402. The van der Waals surface area contributed by atoms with Gasteiger partial charge in [-0.3, -0.25) is 0 Å². The summed E-state index contributed by atoms with van der Waals surface area (Å²) in [4.78, 5) is 0. The van der Waals surface area contributed by atoms with Crippen LogP contribution in [0.3, 0.4) is 0 Å². The van der Waals surface area contributed by atoms with Crippen molar-refractivity contribution in [3.8, 4) is 0 Å². The third kappa shape index (κ3) is 4.90. The largest absolute Gasteiger partial charge is 0.0654 e. The molecular formula is C19H24. The van der Waals surface area contributed by atoms with Gasteiger partial charge in [-0.15, -0.1) is 0 Å². The molecule has 0 saturated carbocycles. The zero-order chi connectivity index (χ0) is 13.3. The van der Waals surface area contributed by atoms with Crippen LogP contribution in [-0.4, -0.2) is 0 Å². The molecule has 0 saturated heterocycles. The lowest BCUT2D eigenvalue weighted by molar-refractivity contribution is 0.460. The smallest absolute Gasteiger partial charge is 0.0247 e.